The molecule has 0 saturated heterocycles. The van der Waals surface area contributed by atoms with E-state index < -0.39 is 24.6 Å². The van der Waals surface area contributed by atoms with Gasteiger partial charge in [-0.25, -0.2) is 9.59 Å². The highest BCUT2D eigenvalue weighted by Crippen LogP contribution is 2.26. The van der Waals surface area contributed by atoms with Crippen LogP contribution in [0.5, 0.6) is 23.0 Å². The molecular weight excluding hydrogens is 396 g/mol. The lowest BCUT2D eigenvalue weighted by molar-refractivity contribution is -0.154. The summed E-state index contributed by atoms with van der Waals surface area (Å²) in [4.78, 5) is 23.6. The van der Waals surface area contributed by atoms with Crippen LogP contribution in [0.1, 0.15) is 11.1 Å². The zero-order valence-corrected chi connectivity index (χ0v) is 15.6. The predicted octanol–water partition coefficient (Wildman–Crippen LogP) is 1.68. The van der Waals surface area contributed by atoms with Crippen LogP contribution in [0.15, 0.2) is 48.6 Å². The van der Waals surface area contributed by atoms with Gasteiger partial charge in [0.2, 0.25) is 0 Å². The van der Waals surface area contributed by atoms with Crippen molar-refractivity contribution in [2.24, 2.45) is 0 Å². The molecule has 0 heterocycles. The van der Waals surface area contributed by atoms with E-state index in [4.69, 9.17) is 9.47 Å². The van der Waals surface area contributed by atoms with Crippen molar-refractivity contribution in [2.45, 2.75) is 6.10 Å². The molecule has 30 heavy (non-hydrogen) atoms. The lowest BCUT2D eigenvalue weighted by Gasteiger charge is -2.13. The molecule has 0 radical (unpaired) electrons. The largest absolute Gasteiger partial charge is 0.504 e. The number of rotatable bonds is 8. The Labute approximate surface area is 171 Å². The summed E-state index contributed by atoms with van der Waals surface area (Å²) in [7, 11) is 0. The SMILES string of the molecule is O=C(C=Cc1ccc(O)c(O)c1)OCC(CO)OC(=O)C=Cc1ccc(O)c(O)c1. The Morgan fingerprint density at radius 1 is 0.800 bits per heavy atom. The predicted molar refractivity (Wildman–Crippen MR) is 106 cm³/mol. The number of hydrogen-bond acceptors (Lipinski definition) is 9. The maximum Gasteiger partial charge on any atom is 0.331 e. The van der Waals surface area contributed by atoms with Crippen molar-refractivity contribution < 1.29 is 44.6 Å². The van der Waals surface area contributed by atoms with E-state index in [-0.39, 0.29) is 29.6 Å². The fraction of sp³-hybridized carbons (Fsp3) is 0.143. The summed E-state index contributed by atoms with van der Waals surface area (Å²) >= 11 is 0. The van der Waals surface area contributed by atoms with Gasteiger partial charge in [-0.1, -0.05) is 12.1 Å². The van der Waals surface area contributed by atoms with E-state index >= 15 is 0 Å². The number of aliphatic hydroxyl groups excluding tert-OH is 1. The number of ether oxygens (including phenoxy) is 2. The van der Waals surface area contributed by atoms with E-state index in [2.05, 4.69) is 0 Å². The summed E-state index contributed by atoms with van der Waals surface area (Å²) in [5.74, 6) is -2.86. The minimum atomic E-state index is -1.09. The number of carbonyl (C=O) groups excluding carboxylic acids is 2. The molecule has 0 amide bonds. The van der Waals surface area contributed by atoms with Gasteiger partial charge in [0.1, 0.15) is 6.61 Å². The van der Waals surface area contributed by atoms with E-state index in [1.165, 1.54) is 48.6 Å². The number of aliphatic hydroxyl groups is 1. The molecule has 158 valence electrons. The van der Waals surface area contributed by atoms with Crippen molar-refractivity contribution in [2.75, 3.05) is 13.2 Å². The van der Waals surface area contributed by atoms with Crippen molar-refractivity contribution in [1.29, 1.82) is 0 Å². The quantitative estimate of drug-likeness (QED) is 0.246. The second-order valence-corrected chi connectivity index (χ2v) is 6.03. The molecule has 0 bridgehead atoms. The molecule has 0 aliphatic heterocycles. The fourth-order valence-electron chi connectivity index (χ4n) is 2.17. The number of phenolic OH excluding ortho intramolecular Hbond substituents is 4. The standard InChI is InChI=1S/C21H20O9/c22-11-15(30-21(28)8-4-14-2-6-17(24)19(26)10-14)12-29-20(27)7-3-13-1-5-16(23)18(25)9-13/h1-10,15,22-26H,11-12H2. The fourth-order valence-corrected chi connectivity index (χ4v) is 2.17. The highest BCUT2D eigenvalue weighted by Gasteiger charge is 2.14. The van der Waals surface area contributed by atoms with Crippen LogP contribution in [0, 0.1) is 0 Å². The molecule has 9 nitrogen and oxygen atoms in total. The minimum absolute atomic E-state index is 0.293. The molecule has 0 fully saturated rings. The number of esters is 2. The average molecular weight is 416 g/mol. The Morgan fingerprint density at radius 2 is 1.30 bits per heavy atom. The molecule has 2 rings (SSSR count). The van der Waals surface area contributed by atoms with E-state index in [0.717, 1.165) is 12.2 Å². The first-order valence-corrected chi connectivity index (χ1v) is 8.67. The second-order valence-electron chi connectivity index (χ2n) is 6.03. The first kappa shape index (κ1) is 22.3. The average Bonchev–Trinajstić information content (AvgIpc) is 2.72. The third-order valence-corrected chi connectivity index (χ3v) is 3.72. The van der Waals surface area contributed by atoms with Crippen LogP contribution in [-0.2, 0) is 19.1 Å². The van der Waals surface area contributed by atoms with Crippen LogP contribution < -0.4 is 0 Å². The van der Waals surface area contributed by atoms with Gasteiger partial charge in [-0.3, -0.25) is 0 Å². The van der Waals surface area contributed by atoms with Crippen LogP contribution in [0.2, 0.25) is 0 Å². The maximum absolute atomic E-state index is 11.8. The molecule has 5 N–H and O–H groups in total. The van der Waals surface area contributed by atoms with Crippen LogP contribution in [0.25, 0.3) is 12.2 Å². The Bertz CT molecular complexity index is 963. The number of benzene rings is 2. The van der Waals surface area contributed by atoms with E-state index in [9.17, 15) is 35.1 Å². The Kier molecular flexibility index (Phi) is 7.83. The van der Waals surface area contributed by atoms with Crippen LogP contribution >= 0.6 is 0 Å². The van der Waals surface area contributed by atoms with Crippen molar-refractivity contribution in [3.05, 3.63) is 59.7 Å². The van der Waals surface area contributed by atoms with Gasteiger partial charge in [-0.2, -0.15) is 0 Å². The van der Waals surface area contributed by atoms with Gasteiger partial charge < -0.3 is 35.0 Å². The zero-order chi connectivity index (χ0) is 22.1. The number of carbonyl (C=O) groups is 2. The Balaban J connectivity index is 1.84. The van der Waals surface area contributed by atoms with Crippen molar-refractivity contribution in [3.63, 3.8) is 0 Å². The molecule has 0 aliphatic carbocycles. The monoisotopic (exact) mass is 416 g/mol. The minimum Gasteiger partial charge on any atom is -0.504 e. The molecule has 0 saturated carbocycles. The molecule has 1 atom stereocenters. The van der Waals surface area contributed by atoms with Crippen molar-refractivity contribution in [3.8, 4) is 23.0 Å². The molecule has 1 unspecified atom stereocenters. The Morgan fingerprint density at radius 3 is 1.77 bits per heavy atom. The van der Waals surface area contributed by atoms with Crippen molar-refractivity contribution in [1.82, 2.24) is 0 Å². The van der Waals surface area contributed by atoms with Crippen LogP contribution in [0.3, 0.4) is 0 Å². The highest BCUT2D eigenvalue weighted by atomic mass is 16.6. The summed E-state index contributed by atoms with van der Waals surface area (Å²) in [6.07, 6.45) is 3.70. The normalized spacial score (nSPS) is 12.2. The third kappa shape index (κ3) is 6.88. The summed E-state index contributed by atoms with van der Waals surface area (Å²) in [5.41, 5.74) is 0.873. The molecule has 2 aromatic carbocycles. The summed E-state index contributed by atoms with van der Waals surface area (Å²) in [5, 5.41) is 46.6. The third-order valence-electron chi connectivity index (χ3n) is 3.72. The highest BCUT2D eigenvalue weighted by molar-refractivity contribution is 5.88. The van der Waals surface area contributed by atoms with Gasteiger partial charge >= 0.3 is 11.9 Å². The molecule has 2 aromatic rings. The second kappa shape index (κ2) is 10.5. The van der Waals surface area contributed by atoms with E-state index in [1.54, 1.807) is 0 Å². The molecule has 0 aliphatic rings. The van der Waals surface area contributed by atoms with Crippen LogP contribution in [0.4, 0.5) is 0 Å². The van der Waals surface area contributed by atoms with Gasteiger partial charge in [0.15, 0.2) is 29.1 Å². The van der Waals surface area contributed by atoms with Gasteiger partial charge in [-0.15, -0.1) is 0 Å². The van der Waals surface area contributed by atoms with E-state index in [1.807, 2.05) is 0 Å². The number of aromatic hydroxyl groups is 4. The lowest BCUT2D eigenvalue weighted by atomic mass is 10.2. The number of hydrogen-bond donors (Lipinski definition) is 5. The molecule has 9 heteroatoms. The topological polar surface area (TPSA) is 154 Å². The van der Waals surface area contributed by atoms with Crippen molar-refractivity contribution >= 4 is 24.1 Å². The first-order chi connectivity index (χ1) is 14.3. The molecular formula is C21H20O9. The summed E-state index contributed by atoms with van der Waals surface area (Å²) in [6, 6.07) is 7.93. The zero-order valence-electron chi connectivity index (χ0n) is 15.6. The van der Waals surface area contributed by atoms with Gasteiger partial charge in [0.05, 0.1) is 6.61 Å². The van der Waals surface area contributed by atoms with Gasteiger partial charge in [0, 0.05) is 12.2 Å². The van der Waals surface area contributed by atoms with E-state index in [0.29, 0.717) is 11.1 Å². The van der Waals surface area contributed by atoms with Crippen LogP contribution in [-0.4, -0.2) is 56.8 Å². The van der Waals surface area contributed by atoms with Gasteiger partial charge in [-0.05, 0) is 47.5 Å². The Hall–Kier alpha value is -3.98. The molecule has 0 spiro atoms. The van der Waals surface area contributed by atoms with Gasteiger partial charge in [0.25, 0.3) is 0 Å². The first-order valence-electron chi connectivity index (χ1n) is 8.67. The lowest BCUT2D eigenvalue weighted by Crippen LogP contribution is -2.27. The molecule has 0 aromatic heterocycles. The summed E-state index contributed by atoms with van der Waals surface area (Å²) in [6.45, 7) is -0.970. The smallest absolute Gasteiger partial charge is 0.331 e. The summed E-state index contributed by atoms with van der Waals surface area (Å²) < 4.78 is 9.87. The number of phenols is 4. The maximum atomic E-state index is 11.8.